The molecule has 0 heterocycles. The van der Waals surface area contributed by atoms with Gasteiger partial charge in [0.15, 0.2) is 0 Å². The summed E-state index contributed by atoms with van der Waals surface area (Å²) in [4.78, 5) is 21.4. The summed E-state index contributed by atoms with van der Waals surface area (Å²) in [6.07, 6.45) is 2.58. The Balaban J connectivity index is 3.45. The molecule has 0 aliphatic heterocycles. The zero-order valence-corrected chi connectivity index (χ0v) is 10.1. The van der Waals surface area contributed by atoms with E-state index >= 15 is 0 Å². The number of carbonyl (C=O) groups is 2. The summed E-state index contributed by atoms with van der Waals surface area (Å²) in [5, 5.41) is 10.8. The van der Waals surface area contributed by atoms with Crippen molar-refractivity contribution in [2.75, 3.05) is 31.8 Å². The van der Waals surface area contributed by atoms with Crippen molar-refractivity contribution in [3.8, 4) is 0 Å². The molecule has 0 spiro atoms. The second-order valence-corrected chi connectivity index (χ2v) is 4.11. The van der Waals surface area contributed by atoms with E-state index in [0.29, 0.717) is 6.42 Å². The van der Waals surface area contributed by atoms with Gasteiger partial charge in [-0.05, 0) is 18.4 Å². The van der Waals surface area contributed by atoms with E-state index in [0.717, 1.165) is 5.75 Å². The number of hydrogen-bond acceptors (Lipinski definition) is 5. The summed E-state index contributed by atoms with van der Waals surface area (Å²) in [6.45, 7) is 0.0980. The first-order chi connectivity index (χ1) is 7.57. The number of ether oxygens (including phenoxy) is 1. The fourth-order valence-corrected chi connectivity index (χ4v) is 1.40. The van der Waals surface area contributed by atoms with E-state index in [1.165, 1.54) is 0 Å². The molecular weight excluding hydrogens is 232 g/mol. The van der Waals surface area contributed by atoms with Crippen molar-refractivity contribution in [3.63, 3.8) is 0 Å². The summed E-state index contributed by atoms with van der Waals surface area (Å²) in [6, 6.07) is -0.507. The number of hydrogen-bond donors (Lipinski definition) is 3. The highest BCUT2D eigenvalue weighted by molar-refractivity contribution is 7.98. The van der Waals surface area contributed by atoms with Crippen LogP contribution in [0.25, 0.3) is 0 Å². The third-order valence-corrected chi connectivity index (χ3v) is 2.38. The lowest BCUT2D eigenvalue weighted by Crippen LogP contribution is -2.42. The van der Waals surface area contributed by atoms with E-state index in [4.69, 9.17) is 15.6 Å². The molecular formula is C9H18N2O4S. The smallest absolute Gasteiger partial charge is 0.329 e. The van der Waals surface area contributed by atoms with Crippen molar-refractivity contribution in [2.45, 2.75) is 12.5 Å². The molecule has 16 heavy (non-hydrogen) atoms. The average Bonchev–Trinajstić information content (AvgIpc) is 2.24. The highest BCUT2D eigenvalue weighted by atomic mass is 32.2. The van der Waals surface area contributed by atoms with E-state index in [-0.39, 0.29) is 25.7 Å². The molecule has 0 aliphatic carbocycles. The van der Waals surface area contributed by atoms with Gasteiger partial charge in [-0.2, -0.15) is 11.8 Å². The minimum Gasteiger partial charge on any atom is -0.480 e. The van der Waals surface area contributed by atoms with Crippen molar-refractivity contribution >= 4 is 23.6 Å². The van der Waals surface area contributed by atoms with Crippen LogP contribution in [0.15, 0.2) is 0 Å². The van der Waals surface area contributed by atoms with E-state index in [1.54, 1.807) is 11.8 Å². The van der Waals surface area contributed by atoms with E-state index < -0.39 is 12.0 Å². The Kier molecular flexibility index (Phi) is 8.97. The number of nitrogens with two attached hydrogens (primary N) is 1. The number of aliphatic carboxylic acids is 1. The van der Waals surface area contributed by atoms with Crippen LogP contribution in [-0.2, 0) is 14.3 Å². The molecule has 0 saturated heterocycles. The lowest BCUT2D eigenvalue weighted by Gasteiger charge is -2.11. The maximum absolute atomic E-state index is 11.3. The molecule has 0 rings (SSSR count). The molecule has 7 heteroatoms. The Labute approximate surface area is 98.9 Å². The van der Waals surface area contributed by atoms with Gasteiger partial charge >= 0.3 is 5.97 Å². The fraction of sp³-hybridized carbons (Fsp3) is 0.778. The molecule has 1 amide bonds. The molecule has 94 valence electrons. The summed E-state index contributed by atoms with van der Waals surface area (Å²) in [5.41, 5.74) is 5.61. The second-order valence-electron chi connectivity index (χ2n) is 3.13. The zero-order valence-electron chi connectivity index (χ0n) is 9.27. The van der Waals surface area contributed by atoms with Crippen LogP contribution in [0.5, 0.6) is 0 Å². The highest BCUT2D eigenvalue weighted by Crippen LogP contribution is 1.98. The third kappa shape index (κ3) is 8.51. The van der Waals surface area contributed by atoms with Crippen LogP contribution < -0.4 is 11.1 Å². The van der Waals surface area contributed by atoms with Crippen molar-refractivity contribution < 1.29 is 19.4 Å². The summed E-state index contributed by atoms with van der Waals surface area (Å²) < 4.78 is 4.75. The number of carboxylic acids is 1. The van der Waals surface area contributed by atoms with Crippen LogP contribution in [0.4, 0.5) is 0 Å². The first kappa shape index (κ1) is 15.2. The molecule has 0 aromatic rings. The molecule has 0 saturated carbocycles. The van der Waals surface area contributed by atoms with E-state index in [2.05, 4.69) is 5.32 Å². The predicted octanol–water partition coefficient (Wildman–Crippen LogP) is -0.716. The van der Waals surface area contributed by atoms with Gasteiger partial charge in [0.05, 0.1) is 12.6 Å². The van der Waals surface area contributed by atoms with E-state index in [9.17, 15) is 9.59 Å². The van der Waals surface area contributed by atoms with Gasteiger partial charge in [-0.1, -0.05) is 0 Å². The minimum absolute atomic E-state index is 0.174. The number of nitrogens with one attached hydrogen (secondary N) is 1. The van der Waals surface area contributed by atoms with Crippen molar-refractivity contribution in [1.29, 1.82) is 0 Å². The largest absolute Gasteiger partial charge is 0.480 e. The molecule has 0 aromatic carbocycles. The molecule has 4 N–H and O–H groups in total. The average molecular weight is 250 g/mol. The fourth-order valence-electron chi connectivity index (χ4n) is 0.913. The predicted molar refractivity (Wildman–Crippen MR) is 62.4 cm³/mol. The lowest BCUT2D eigenvalue weighted by atomic mass is 10.2. The number of thioether (sulfide) groups is 1. The summed E-state index contributed by atoms with van der Waals surface area (Å²) in [5.74, 6) is -0.416. The van der Waals surface area contributed by atoms with Gasteiger partial charge in [-0.25, -0.2) is 4.79 Å². The Morgan fingerprint density at radius 2 is 2.25 bits per heavy atom. The van der Waals surface area contributed by atoms with Gasteiger partial charge in [0.2, 0.25) is 5.91 Å². The molecule has 0 unspecified atom stereocenters. The SMILES string of the molecule is CSCC[C@H](N)C(=O)NCCOCC(=O)O. The van der Waals surface area contributed by atoms with Crippen LogP contribution in [0.3, 0.4) is 0 Å². The number of rotatable bonds is 9. The maximum Gasteiger partial charge on any atom is 0.329 e. The van der Waals surface area contributed by atoms with Crippen LogP contribution in [-0.4, -0.2) is 54.8 Å². The maximum atomic E-state index is 11.3. The van der Waals surface area contributed by atoms with Gasteiger partial charge in [-0.15, -0.1) is 0 Å². The van der Waals surface area contributed by atoms with Gasteiger partial charge in [-0.3, -0.25) is 4.79 Å². The standard InChI is InChI=1S/C9H18N2O4S/c1-16-5-2-7(10)9(14)11-3-4-15-6-8(12)13/h7H,2-6,10H2,1H3,(H,11,14)(H,12,13)/t7-/m0/s1. The number of carboxylic acid groups (broad SMARTS) is 1. The molecule has 6 nitrogen and oxygen atoms in total. The quantitative estimate of drug-likeness (QED) is 0.467. The van der Waals surface area contributed by atoms with Crippen molar-refractivity contribution in [2.24, 2.45) is 5.73 Å². The van der Waals surface area contributed by atoms with Crippen LogP contribution >= 0.6 is 11.8 Å². The third-order valence-electron chi connectivity index (χ3n) is 1.74. The molecule has 0 fully saturated rings. The van der Waals surface area contributed by atoms with Crippen molar-refractivity contribution in [3.05, 3.63) is 0 Å². The molecule has 0 radical (unpaired) electrons. The highest BCUT2D eigenvalue weighted by Gasteiger charge is 2.11. The van der Waals surface area contributed by atoms with E-state index in [1.807, 2.05) is 6.26 Å². The van der Waals surface area contributed by atoms with Crippen LogP contribution in [0.1, 0.15) is 6.42 Å². The van der Waals surface area contributed by atoms with Gasteiger partial charge in [0, 0.05) is 6.54 Å². The molecule has 1 atom stereocenters. The topological polar surface area (TPSA) is 102 Å². The Morgan fingerprint density at radius 3 is 2.81 bits per heavy atom. The monoisotopic (exact) mass is 250 g/mol. The van der Waals surface area contributed by atoms with Gasteiger partial charge in [0.1, 0.15) is 6.61 Å². The number of amides is 1. The Hall–Kier alpha value is -0.790. The minimum atomic E-state index is -1.03. The first-order valence-corrected chi connectivity index (χ1v) is 6.29. The normalized spacial score (nSPS) is 12.1. The second kappa shape index (κ2) is 9.44. The molecule has 0 aromatic heterocycles. The zero-order chi connectivity index (χ0) is 12.4. The first-order valence-electron chi connectivity index (χ1n) is 4.89. The van der Waals surface area contributed by atoms with Crippen molar-refractivity contribution in [1.82, 2.24) is 5.32 Å². The van der Waals surface area contributed by atoms with Gasteiger partial charge < -0.3 is 20.9 Å². The Bertz CT molecular complexity index is 226. The van der Waals surface area contributed by atoms with Crippen LogP contribution in [0.2, 0.25) is 0 Å². The van der Waals surface area contributed by atoms with Gasteiger partial charge in [0.25, 0.3) is 0 Å². The molecule has 0 aliphatic rings. The number of carbonyl (C=O) groups excluding carboxylic acids is 1. The summed E-state index contributed by atoms with van der Waals surface area (Å²) in [7, 11) is 0. The summed E-state index contributed by atoms with van der Waals surface area (Å²) >= 11 is 1.63. The Morgan fingerprint density at radius 1 is 1.56 bits per heavy atom. The molecule has 0 bridgehead atoms. The van der Waals surface area contributed by atoms with Crippen LogP contribution in [0, 0.1) is 0 Å². The lowest BCUT2D eigenvalue weighted by molar-refractivity contribution is -0.142.